The fraction of sp³-hybridized carbons (Fsp3) is 0.556. The van der Waals surface area contributed by atoms with Crippen molar-refractivity contribution in [1.29, 1.82) is 5.26 Å². The number of nitrogens with zero attached hydrogens (tertiary/aromatic N) is 1. The molecule has 0 saturated heterocycles. The van der Waals surface area contributed by atoms with E-state index >= 15 is 0 Å². The number of allylic oxidation sites excluding steroid dienone is 1. The molecule has 0 saturated carbocycles. The van der Waals surface area contributed by atoms with Crippen LogP contribution in [-0.2, 0) is 4.79 Å². The molecule has 0 spiro atoms. The van der Waals surface area contributed by atoms with Crippen LogP contribution in [-0.4, -0.2) is 12.5 Å². The van der Waals surface area contributed by atoms with Gasteiger partial charge in [-0.25, -0.2) is 0 Å². The first-order valence-corrected chi connectivity index (χ1v) is 4.02. The summed E-state index contributed by atoms with van der Waals surface area (Å²) in [5.74, 6) is -0.0593. The van der Waals surface area contributed by atoms with Crippen LogP contribution in [0, 0.1) is 17.2 Å². The number of amides is 1. The Bertz CT molecular complexity index is 223. The molecule has 0 aromatic heterocycles. The van der Waals surface area contributed by atoms with Crippen molar-refractivity contribution in [3.63, 3.8) is 0 Å². The summed E-state index contributed by atoms with van der Waals surface area (Å²) < 4.78 is 0. The smallest absolute Gasteiger partial charge is 0.261 e. The summed E-state index contributed by atoms with van der Waals surface area (Å²) in [4.78, 5) is 11.1. The average molecular weight is 166 g/mol. The lowest BCUT2D eigenvalue weighted by molar-refractivity contribution is -0.117. The predicted octanol–water partition coefficient (Wildman–Crippen LogP) is 1.23. The van der Waals surface area contributed by atoms with Gasteiger partial charge in [-0.1, -0.05) is 19.9 Å². The number of nitriles is 1. The van der Waals surface area contributed by atoms with E-state index in [1.165, 1.54) is 0 Å². The molecule has 0 rings (SSSR count). The normalized spacial score (nSPS) is 11.1. The van der Waals surface area contributed by atoms with Gasteiger partial charge in [0.2, 0.25) is 0 Å². The predicted molar refractivity (Wildman–Crippen MR) is 47.2 cm³/mol. The molecular formula is C9H14N2O. The number of carbonyl (C=O) groups excluding carboxylic acids is 1. The lowest BCUT2D eigenvalue weighted by atomic mass is 10.1. The van der Waals surface area contributed by atoms with Gasteiger partial charge < -0.3 is 5.32 Å². The van der Waals surface area contributed by atoms with Crippen LogP contribution in [0.25, 0.3) is 0 Å². The van der Waals surface area contributed by atoms with Gasteiger partial charge in [0.1, 0.15) is 11.6 Å². The minimum Gasteiger partial charge on any atom is -0.352 e. The number of hydrogen-bond donors (Lipinski definition) is 1. The monoisotopic (exact) mass is 166 g/mol. The van der Waals surface area contributed by atoms with Gasteiger partial charge in [0.05, 0.1) is 0 Å². The maximum Gasteiger partial charge on any atom is 0.261 e. The molecule has 0 radical (unpaired) electrons. The van der Waals surface area contributed by atoms with E-state index in [2.05, 4.69) is 5.32 Å². The Kier molecular flexibility index (Phi) is 4.78. The van der Waals surface area contributed by atoms with Crippen molar-refractivity contribution in [2.75, 3.05) is 6.54 Å². The van der Waals surface area contributed by atoms with E-state index in [1.807, 2.05) is 26.8 Å². The van der Waals surface area contributed by atoms with Gasteiger partial charge in [-0.3, -0.25) is 4.79 Å². The molecule has 3 heteroatoms. The van der Waals surface area contributed by atoms with Crippen LogP contribution in [0.4, 0.5) is 0 Å². The Hall–Kier alpha value is -1.30. The zero-order valence-electron chi connectivity index (χ0n) is 7.72. The lowest BCUT2D eigenvalue weighted by Crippen LogP contribution is -2.24. The van der Waals surface area contributed by atoms with E-state index in [1.54, 1.807) is 6.08 Å². The van der Waals surface area contributed by atoms with E-state index in [4.69, 9.17) is 5.26 Å². The molecule has 0 aliphatic carbocycles. The number of likely N-dealkylation sites (N-methyl/N-ethyl adjacent to an activating group) is 1. The highest BCUT2D eigenvalue weighted by Gasteiger charge is 2.06. The van der Waals surface area contributed by atoms with Crippen molar-refractivity contribution in [2.45, 2.75) is 20.8 Å². The number of hydrogen-bond acceptors (Lipinski definition) is 2. The second kappa shape index (κ2) is 5.36. The van der Waals surface area contributed by atoms with Gasteiger partial charge in [0, 0.05) is 6.54 Å². The van der Waals surface area contributed by atoms with E-state index in [-0.39, 0.29) is 17.4 Å². The molecule has 0 aliphatic rings. The second-order valence-corrected chi connectivity index (χ2v) is 2.80. The molecule has 12 heavy (non-hydrogen) atoms. The highest BCUT2D eigenvalue weighted by molar-refractivity contribution is 5.97. The quantitative estimate of drug-likeness (QED) is 0.506. The van der Waals surface area contributed by atoms with Crippen molar-refractivity contribution in [1.82, 2.24) is 5.32 Å². The summed E-state index contributed by atoms with van der Waals surface area (Å²) in [5, 5.41) is 11.2. The molecule has 0 aromatic carbocycles. The lowest BCUT2D eigenvalue weighted by Gasteiger charge is -2.00. The first-order chi connectivity index (χ1) is 5.61. The molecule has 66 valence electrons. The Balaban J connectivity index is 4.37. The van der Waals surface area contributed by atoms with E-state index in [9.17, 15) is 4.79 Å². The SMILES string of the molecule is CCNC(=O)/C(C#N)=C/C(C)C. The highest BCUT2D eigenvalue weighted by atomic mass is 16.1. The van der Waals surface area contributed by atoms with Crippen LogP contribution < -0.4 is 5.32 Å². The molecule has 0 aromatic rings. The van der Waals surface area contributed by atoms with Gasteiger partial charge in [0.15, 0.2) is 0 Å². The molecule has 0 atom stereocenters. The standard InChI is InChI=1S/C9H14N2O/c1-4-11-9(12)8(6-10)5-7(2)3/h5,7H,4H2,1-3H3,(H,11,12)/b8-5+. The fourth-order valence-electron chi connectivity index (χ4n) is 0.753. The maximum absolute atomic E-state index is 11.1. The topological polar surface area (TPSA) is 52.9 Å². The van der Waals surface area contributed by atoms with Gasteiger partial charge in [-0.15, -0.1) is 0 Å². The third-order valence-corrected chi connectivity index (χ3v) is 1.20. The number of nitrogens with one attached hydrogen (secondary N) is 1. The Morgan fingerprint density at radius 1 is 1.67 bits per heavy atom. The molecule has 0 bridgehead atoms. The zero-order valence-corrected chi connectivity index (χ0v) is 7.72. The van der Waals surface area contributed by atoms with Crippen LogP contribution in [0.2, 0.25) is 0 Å². The van der Waals surface area contributed by atoms with Crippen molar-refractivity contribution in [3.05, 3.63) is 11.6 Å². The molecule has 0 heterocycles. The minimum absolute atomic E-state index is 0.201. The van der Waals surface area contributed by atoms with Gasteiger partial charge in [-0.05, 0) is 12.8 Å². The molecule has 0 fully saturated rings. The molecule has 0 unspecified atom stereocenters. The first-order valence-electron chi connectivity index (χ1n) is 4.02. The summed E-state index contributed by atoms with van der Waals surface area (Å²) in [6.07, 6.45) is 1.66. The maximum atomic E-state index is 11.1. The third kappa shape index (κ3) is 3.77. The summed E-state index contributed by atoms with van der Waals surface area (Å²) in [7, 11) is 0. The van der Waals surface area contributed by atoms with E-state index < -0.39 is 0 Å². The molecular weight excluding hydrogens is 152 g/mol. The summed E-state index contributed by atoms with van der Waals surface area (Å²) in [6.45, 7) is 6.23. The van der Waals surface area contributed by atoms with Gasteiger partial charge in [-0.2, -0.15) is 5.26 Å². The van der Waals surface area contributed by atoms with E-state index in [0.29, 0.717) is 6.54 Å². The van der Waals surface area contributed by atoms with Crippen LogP contribution in [0.5, 0.6) is 0 Å². The number of carbonyl (C=O) groups is 1. The van der Waals surface area contributed by atoms with Crippen molar-refractivity contribution in [2.24, 2.45) is 5.92 Å². The third-order valence-electron chi connectivity index (χ3n) is 1.20. The second-order valence-electron chi connectivity index (χ2n) is 2.80. The fourth-order valence-corrected chi connectivity index (χ4v) is 0.753. The van der Waals surface area contributed by atoms with Crippen LogP contribution in [0.15, 0.2) is 11.6 Å². The van der Waals surface area contributed by atoms with Crippen LogP contribution in [0.3, 0.4) is 0 Å². The minimum atomic E-state index is -0.284. The molecule has 3 nitrogen and oxygen atoms in total. The van der Waals surface area contributed by atoms with Crippen LogP contribution in [0.1, 0.15) is 20.8 Å². The molecule has 0 aliphatic heterocycles. The first kappa shape index (κ1) is 10.7. The molecule has 1 N–H and O–H groups in total. The zero-order chi connectivity index (χ0) is 9.56. The van der Waals surface area contributed by atoms with Crippen molar-refractivity contribution >= 4 is 5.91 Å². The number of rotatable bonds is 3. The van der Waals surface area contributed by atoms with Gasteiger partial charge >= 0.3 is 0 Å². The molecule has 1 amide bonds. The Morgan fingerprint density at radius 3 is 2.58 bits per heavy atom. The summed E-state index contributed by atoms with van der Waals surface area (Å²) >= 11 is 0. The Labute approximate surface area is 73.1 Å². The van der Waals surface area contributed by atoms with Gasteiger partial charge in [0.25, 0.3) is 5.91 Å². The largest absolute Gasteiger partial charge is 0.352 e. The average Bonchev–Trinajstić information content (AvgIpc) is 2.00. The van der Waals surface area contributed by atoms with Crippen molar-refractivity contribution in [3.8, 4) is 6.07 Å². The van der Waals surface area contributed by atoms with E-state index in [0.717, 1.165) is 0 Å². The highest BCUT2D eigenvalue weighted by Crippen LogP contribution is 2.00. The van der Waals surface area contributed by atoms with Crippen LogP contribution >= 0.6 is 0 Å². The summed E-state index contributed by atoms with van der Waals surface area (Å²) in [6, 6.07) is 1.87. The Morgan fingerprint density at radius 2 is 2.25 bits per heavy atom. The van der Waals surface area contributed by atoms with Crippen molar-refractivity contribution < 1.29 is 4.79 Å². The summed E-state index contributed by atoms with van der Waals surface area (Å²) in [5.41, 5.74) is 0.201.